The quantitative estimate of drug-likeness (QED) is 0.220. The van der Waals surface area contributed by atoms with Gasteiger partial charge in [0.25, 0.3) is 0 Å². The summed E-state index contributed by atoms with van der Waals surface area (Å²) in [5, 5.41) is 31.9. The number of aryl methyl sites for hydroxylation is 1. The Bertz CT molecular complexity index is 1890. The number of ether oxygens (including phenoxy) is 1. The molecule has 2 aromatic carbocycles. The molecule has 1 unspecified atom stereocenters. The first kappa shape index (κ1) is 41.3. The lowest BCUT2D eigenvalue weighted by atomic mass is 9.83. The number of aliphatic hydroxyl groups excluding tert-OH is 1. The van der Waals surface area contributed by atoms with E-state index in [0.717, 1.165) is 69.4 Å². The first-order valence-corrected chi connectivity index (χ1v) is 18.6. The maximum atomic E-state index is 14.5. The van der Waals surface area contributed by atoms with Gasteiger partial charge >= 0.3 is 30.3 Å². The van der Waals surface area contributed by atoms with E-state index in [1.807, 2.05) is 0 Å². The minimum Gasteiger partial charge on any atom is -0.475 e. The molecule has 18 heteroatoms. The number of fused-ring (bicyclic) bond motifs is 5. The summed E-state index contributed by atoms with van der Waals surface area (Å²) >= 11 is 0. The third-order valence-corrected chi connectivity index (χ3v) is 11.5. The number of halogens is 7. The fourth-order valence-corrected chi connectivity index (χ4v) is 8.92. The van der Waals surface area contributed by atoms with Crippen LogP contribution in [0, 0.1) is 0 Å². The van der Waals surface area contributed by atoms with E-state index in [9.17, 15) is 35.8 Å². The van der Waals surface area contributed by atoms with Crippen molar-refractivity contribution in [3.8, 4) is 6.01 Å². The van der Waals surface area contributed by atoms with Gasteiger partial charge in [-0.25, -0.2) is 14.0 Å². The van der Waals surface area contributed by atoms with E-state index in [0.29, 0.717) is 38.2 Å². The summed E-state index contributed by atoms with van der Waals surface area (Å²) in [6.45, 7) is 5.63. The minimum absolute atomic E-state index is 0.0264. The Morgan fingerprint density at radius 1 is 1.00 bits per heavy atom. The molecule has 11 nitrogen and oxygen atoms in total. The van der Waals surface area contributed by atoms with Crippen LogP contribution in [0.1, 0.15) is 73.9 Å². The number of anilines is 1. The Balaban J connectivity index is 0.000000326. The zero-order valence-electron chi connectivity index (χ0n) is 30.5. The molecule has 4 fully saturated rings. The highest BCUT2D eigenvalue weighted by Crippen LogP contribution is 2.43. The Morgan fingerprint density at radius 3 is 2.34 bits per heavy atom. The first-order valence-electron chi connectivity index (χ1n) is 18.6. The summed E-state index contributed by atoms with van der Waals surface area (Å²) in [5.74, 6) is -5.54. The van der Waals surface area contributed by atoms with E-state index in [4.69, 9.17) is 34.5 Å². The van der Waals surface area contributed by atoms with Crippen molar-refractivity contribution in [3.05, 3.63) is 58.9 Å². The topological polar surface area (TPSA) is 148 Å². The number of carboxylic acids is 2. The Labute approximate surface area is 317 Å². The second-order valence-electron chi connectivity index (χ2n) is 15.0. The highest BCUT2D eigenvalue weighted by molar-refractivity contribution is 5.97. The van der Waals surface area contributed by atoms with Gasteiger partial charge in [-0.2, -0.15) is 36.3 Å². The number of alkyl halides is 7. The summed E-state index contributed by atoms with van der Waals surface area (Å²) in [4.78, 5) is 32.6. The van der Waals surface area contributed by atoms with Crippen LogP contribution >= 0.6 is 0 Å². The predicted octanol–water partition coefficient (Wildman–Crippen LogP) is 5.95. The van der Waals surface area contributed by atoms with Crippen molar-refractivity contribution in [2.45, 2.75) is 113 Å². The molecular formula is C38H44F7N5O6. The van der Waals surface area contributed by atoms with Crippen LogP contribution in [0.5, 0.6) is 6.01 Å². The second-order valence-corrected chi connectivity index (χ2v) is 15.0. The largest absolute Gasteiger partial charge is 0.490 e. The van der Waals surface area contributed by atoms with Crippen LogP contribution in [0.3, 0.4) is 0 Å². The number of nitrogens with one attached hydrogen (secondary N) is 1. The molecule has 4 saturated heterocycles. The number of piperidine rings is 1. The summed E-state index contributed by atoms with van der Waals surface area (Å²) in [5.41, 5.74) is 5.52. The molecule has 2 bridgehead atoms. The average molecular weight is 800 g/mol. The first-order chi connectivity index (χ1) is 26.4. The van der Waals surface area contributed by atoms with E-state index in [-0.39, 0.29) is 17.5 Å². The number of aliphatic carboxylic acids is 2. The van der Waals surface area contributed by atoms with Crippen LogP contribution in [-0.4, -0.2) is 111 Å². The van der Waals surface area contributed by atoms with Gasteiger partial charge in [0.1, 0.15) is 12.8 Å². The number of nitrogens with zero attached hydrogens (tertiary/aromatic N) is 4. The lowest BCUT2D eigenvalue weighted by Gasteiger charge is -2.37. The van der Waals surface area contributed by atoms with Crippen LogP contribution in [0.4, 0.5) is 36.4 Å². The van der Waals surface area contributed by atoms with Crippen molar-refractivity contribution in [2.75, 3.05) is 31.1 Å². The average Bonchev–Trinajstić information content (AvgIpc) is 3.83. The van der Waals surface area contributed by atoms with Crippen LogP contribution in [0.25, 0.3) is 10.8 Å². The number of rotatable bonds is 6. The second kappa shape index (κ2) is 16.3. The van der Waals surface area contributed by atoms with Gasteiger partial charge in [-0.3, -0.25) is 4.90 Å². The Hall–Kier alpha value is -4.29. The molecule has 1 aromatic heterocycles. The fourth-order valence-electron chi connectivity index (χ4n) is 8.92. The molecule has 0 spiro atoms. The normalized spacial score (nSPS) is 27.1. The van der Waals surface area contributed by atoms with E-state index in [1.54, 1.807) is 0 Å². The van der Waals surface area contributed by atoms with Crippen molar-refractivity contribution in [1.82, 2.24) is 20.2 Å². The minimum atomic E-state index is -5.08. The summed E-state index contributed by atoms with van der Waals surface area (Å²) in [7, 11) is 0. The van der Waals surface area contributed by atoms with Gasteiger partial charge in [-0.1, -0.05) is 37.3 Å². The third-order valence-electron chi connectivity index (χ3n) is 11.5. The molecule has 4 N–H and O–H groups in total. The molecule has 8 rings (SSSR count). The van der Waals surface area contributed by atoms with Gasteiger partial charge in [0, 0.05) is 48.6 Å². The highest BCUT2D eigenvalue weighted by atomic mass is 19.4. The maximum absolute atomic E-state index is 14.5. The van der Waals surface area contributed by atoms with Gasteiger partial charge in [-0.15, -0.1) is 0 Å². The molecule has 0 amide bonds. The van der Waals surface area contributed by atoms with Crippen molar-refractivity contribution >= 4 is 28.4 Å². The molecule has 5 aliphatic rings. The van der Waals surface area contributed by atoms with E-state index in [2.05, 4.69) is 58.4 Å². The number of hydrogen-bond donors (Lipinski definition) is 4. The molecular weight excluding hydrogens is 755 g/mol. The SMILES string of the molecule is CCc1cccc2cccc(N3CCc4c(nc(OC[C@@]56CCCN5C[C@H](F)C6)nc4[C@H]4C[C@H]5CC[C@H](N5)C4O)C3)c12.O=C(O)C(F)(F)F.O=C(O)C(F)(F)F. The Morgan fingerprint density at radius 2 is 1.68 bits per heavy atom. The van der Waals surface area contributed by atoms with Gasteiger partial charge in [0.05, 0.1) is 29.6 Å². The van der Waals surface area contributed by atoms with Crippen molar-refractivity contribution in [1.29, 1.82) is 0 Å². The third kappa shape index (κ3) is 8.81. The molecule has 0 radical (unpaired) electrons. The molecule has 0 saturated carbocycles. The van der Waals surface area contributed by atoms with Gasteiger partial charge in [-0.05, 0) is 74.1 Å². The van der Waals surface area contributed by atoms with Crippen LogP contribution in [0.2, 0.25) is 0 Å². The molecule has 6 atom stereocenters. The number of carbonyl (C=O) groups is 2. The monoisotopic (exact) mass is 799 g/mol. The molecule has 56 heavy (non-hydrogen) atoms. The van der Waals surface area contributed by atoms with E-state index < -0.39 is 36.6 Å². The smallest absolute Gasteiger partial charge is 0.475 e. The number of carboxylic acid groups (broad SMARTS) is 2. The molecule has 5 aliphatic heterocycles. The highest BCUT2D eigenvalue weighted by Gasteiger charge is 2.50. The predicted molar refractivity (Wildman–Crippen MR) is 189 cm³/mol. The van der Waals surface area contributed by atoms with Crippen LogP contribution < -0.4 is 15.0 Å². The number of benzene rings is 2. The van der Waals surface area contributed by atoms with E-state index >= 15 is 0 Å². The standard InChI is InChI=1S/C34H42FN5O2.2C2HF3O2/c1-2-21-6-3-7-22-8-4-9-29(30(21)22)39-15-12-25-28(19-39)37-33(42-20-34-13-5-14-40(34)18-23(35)17-34)38-31(25)26-16-24-10-11-27(36-24)32(26)41;2*3-2(4,5)1(6)7/h3-4,6-9,23-24,26-27,32,36,41H,2,5,10-20H2,1H3;2*(H,6,7)/t23-,24-,26-,27+,32?,34+;;/m1../s1. The summed E-state index contributed by atoms with van der Waals surface area (Å²) in [6, 6.07) is 14.1. The lowest BCUT2D eigenvalue weighted by molar-refractivity contribution is -0.193. The number of aliphatic hydroxyl groups is 1. The number of hydrogen-bond acceptors (Lipinski definition) is 9. The fraction of sp³-hybridized carbons (Fsp3) is 0.579. The maximum Gasteiger partial charge on any atom is 0.490 e. The van der Waals surface area contributed by atoms with E-state index in [1.165, 1.54) is 27.6 Å². The Kier molecular flexibility index (Phi) is 12.0. The van der Waals surface area contributed by atoms with Crippen LogP contribution in [-0.2, 0) is 29.0 Å². The zero-order chi connectivity index (χ0) is 40.6. The van der Waals surface area contributed by atoms with Gasteiger partial charge < -0.3 is 30.3 Å². The lowest BCUT2D eigenvalue weighted by Crippen LogP contribution is -2.48. The zero-order valence-corrected chi connectivity index (χ0v) is 30.5. The summed E-state index contributed by atoms with van der Waals surface area (Å²) < 4.78 is 84.4. The molecule has 306 valence electrons. The molecule has 3 aromatic rings. The van der Waals surface area contributed by atoms with Gasteiger partial charge in [0.15, 0.2) is 0 Å². The van der Waals surface area contributed by atoms with Crippen molar-refractivity contribution in [3.63, 3.8) is 0 Å². The molecule has 6 heterocycles. The van der Waals surface area contributed by atoms with Gasteiger partial charge in [0.2, 0.25) is 0 Å². The van der Waals surface area contributed by atoms with Crippen molar-refractivity contribution in [2.24, 2.45) is 0 Å². The number of aromatic nitrogens is 2. The van der Waals surface area contributed by atoms with Crippen LogP contribution in [0.15, 0.2) is 36.4 Å². The van der Waals surface area contributed by atoms with Crippen molar-refractivity contribution < 1.29 is 60.4 Å². The molecule has 0 aliphatic carbocycles. The summed E-state index contributed by atoms with van der Waals surface area (Å²) in [6.07, 6.45) is -4.05.